The van der Waals surface area contributed by atoms with Gasteiger partial charge >= 0.3 is 0 Å². The minimum Gasteiger partial charge on any atom is -0.383 e. The molecule has 9 heteroatoms. The molecule has 0 saturated heterocycles. The molecule has 0 bridgehead atoms. The van der Waals surface area contributed by atoms with Gasteiger partial charge in [0.1, 0.15) is 29.3 Å². The van der Waals surface area contributed by atoms with Crippen molar-refractivity contribution in [3.63, 3.8) is 0 Å². The highest BCUT2D eigenvalue weighted by Gasteiger charge is 2.20. The predicted octanol–water partition coefficient (Wildman–Crippen LogP) is 3.43. The van der Waals surface area contributed by atoms with Crippen LogP contribution in [0, 0.1) is 9.39 Å². The summed E-state index contributed by atoms with van der Waals surface area (Å²) in [7, 11) is 0. The van der Waals surface area contributed by atoms with Gasteiger partial charge in [-0.3, -0.25) is 4.99 Å². The van der Waals surface area contributed by atoms with Gasteiger partial charge in [0.25, 0.3) is 0 Å². The molecule has 26 heavy (non-hydrogen) atoms. The summed E-state index contributed by atoms with van der Waals surface area (Å²) in [5, 5.41) is 4.71. The highest BCUT2D eigenvalue weighted by atomic mass is 127. The van der Waals surface area contributed by atoms with Crippen molar-refractivity contribution in [1.82, 2.24) is 14.5 Å². The minimum absolute atomic E-state index is 0.176. The van der Waals surface area contributed by atoms with Crippen LogP contribution in [0.2, 0.25) is 0 Å². The first kappa shape index (κ1) is 18.2. The predicted molar refractivity (Wildman–Crippen MR) is 110 cm³/mol. The van der Waals surface area contributed by atoms with Crippen LogP contribution in [0.15, 0.2) is 46.9 Å². The van der Waals surface area contributed by atoms with Crippen molar-refractivity contribution in [3.8, 4) is 0 Å². The number of aliphatic imine (C=N–C) groups is 1. The van der Waals surface area contributed by atoms with E-state index >= 15 is 0 Å². The molecule has 2 heterocycles. The maximum Gasteiger partial charge on any atom is 0.147 e. The number of nitrogens with zero attached hydrogens (tertiary/aromatic N) is 5. The number of anilines is 1. The minimum atomic E-state index is -0.311. The average molecular weight is 465 g/mol. The zero-order valence-corrected chi connectivity index (χ0v) is 16.1. The molecule has 4 N–H and O–H groups in total. The lowest BCUT2D eigenvalue weighted by atomic mass is 10.1. The number of hydrogen-bond donors (Lipinski definition) is 2. The molecule has 0 fully saturated rings. The monoisotopic (exact) mass is 465 g/mol. The van der Waals surface area contributed by atoms with Crippen molar-refractivity contribution in [1.29, 1.82) is 0 Å². The first-order valence-electron chi connectivity index (χ1n) is 7.89. The molecule has 3 aromatic rings. The second kappa shape index (κ2) is 7.77. The highest BCUT2D eigenvalue weighted by Crippen LogP contribution is 2.29. The largest absolute Gasteiger partial charge is 0.383 e. The Kier molecular flexibility index (Phi) is 5.45. The van der Waals surface area contributed by atoms with Gasteiger partial charge in [-0.2, -0.15) is 5.10 Å². The Morgan fingerprint density at radius 2 is 2.08 bits per heavy atom. The molecule has 1 unspecified atom stereocenters. The van der Waals surface area contributed by atoms with E-state index in [1.807, 2.05) is 17.7 Å². The smallest absolute Gasteiger partial charge is 0.147 e. The molecule has 3 rings (SSSR count). The van der Waals surface area contributed by atoms with E-state index in [1.165, 1.54) is 18.5 Å². The maximum atomic E-state index is 13.0. The number of hydrogen-bond acceptors (Lipinski definition) is 6. The SMILES string of the molecule is CCC(C(C=Nc1ccc(F)cc1)=NN)n1cc(I)c2c(N)ncnc21. The summed E-state index contributed by atoms with van der Waals surface area (Å²) in [6.07, 6.45) is 5.68. The summed E-state index contributed by atoms with van der Waals surface area (Å²) in [5.74, 6) is 5.74. The fourth-order valence-electron chi connectivity index (χ4n) is 2.72. The molecule has 2 aromatic heterocycles. The Balaban J connectivity index is 1.99. The van der Waals surface area contributed by atoms with Crippen molar-refractivity contribution in [3.05, 3.63) is 46.2 Å². The molecular weight excluding hydrogens is 448 g/mol. The lowest BCUT2D eigenvalue weighted by Gasteiger charge is -2.17. The van der Waals surface area contributed by atoms with E-state index in [2.05, 4.69) is 42.7 Å². The lowest BCUT2D eigenvalue weighted by molar-refractivity contribution is 0.628. The quantitative estimate of drug-likeness (QED) is 0.261. The second-order valence-electron chi connectivity index (χ2n) is 5.55. The molecule has 0 amide bonds. The lowest BCUT2D eigenvalue weighted by Crippen LogP contribution is -2.21. The first-order chi connectivity index (χ1) is 12.5. The standard InChI is InChI=1S/C17H17FIN7/c1-2-14(13(25-21)7-22-11-5-3-10(18)4-6-11)26-8-12(19)15-16(20)23-9-24-17(15)26/h3-9,14H,2,21H2,1H3,(H2,20,23,24). The maximum absolute atomic E-state index is 13.0. The van der Waals surface area contributed by atoms with Crippen LogP contribution in [0.4, 0.5) is 15.9 Å². The summed E-state index contributed by atoms with van der Waals surface area (Å²) in [5.41, 5.74) is 7.88. The van der Waals surface area contributed by atoms with Crippen LogP contribution >= 0.6 is 22.6 Å². The zero-order chi connectivity index (χ0) is 18.7. The van der Waals surface area contributed by atoms with Crippen LogP contribution in [0.25, 0.3) is 11.0 Å². The Morgan fingerprint density at radius 1 is 1.35 bits per heavy atom. The molecule has 1 atom stereocenters. The van der Waals surface area contributed by atoms with Gasteiger partial charge in [0.15, 0.2) is 0 Å². The third-order valence-corrected chi connectivity index (χ3v) is 4.80. The Hall–Kier alpha value is -2.56. The van der Waals surface area contributed by atoms with E-state index in [9.17, 15) is 4.39 Å². The van der Waals surface area contributed by atoms with Gasteiger partial charge in [-0.25, -0.2) is 14.4 Å². The molecule has 0 saturated carbocycles. The van der Waals surface area contributed by atoms with E-state index in [1.54, 1.807) is 18.3 Å². The van der Waals surface area contributed by atoms with Crippen LogP contribution in [0.5, 0.6) is 0 Å². The molecule has 0 aliphatic heterocycles. The van der Waals surface area contributed by atoms with Crippen molar-refractivity contribution < 1.29 is 4.39 Å². The molecule has 134 valence electrons. The van der Waals surface area contributed by atoms with Gasteiger partial charge in [0, 0.05) is 9.77 Å². The van der Waals surface area contributed by atoms with E-state index in [4.69, 9.17) is 11.6 Å². The average Bonchev–Trinajstić information content (AvgIpc) is 2.98. The number of aromatic nitrogens is 3. The molecule has 0 spiro atoms. The van der Waals surface area contributed by atoms with Crippen molar-refractivity contribution in [2.45, 2.75) is 19.4 Å². The third-order valence-electron chi connectivity index (χ3n) is 3.98. The number of halogens is 2. The molecular formula is C17H17FIN7. The topological polar surface area (TPSA) is 107 Å². The summed E-state index contributed by atoms with van der Waals surface area (Å²) >= 11 is 2.20. The molecule has 0 aliphatic rings. The van der Waals surface area contributed by atoms with Gasteiger partial charge in [-0.15, -0.1) is 0 Å². The number of hydrazone groups is 1. The summed E-state index contributed by atoms with van der Waals surface area (Å²) in [6.45, 7) is 2.02. The van der Waals surface area contributed by atoms with Gasteiger partial charge in [-0.05, 0) is 53.3 Å². The summed E-state index contributed by atoms with van der Waals surface area (Å²) < 4.78 is 15.9. The van der Waals surface area contributed by atoms with Crippen molar-refractivity contribution >= 4 is 57.1 Å². The van der Waals surface area contributed by atoms with Crippen molar-refractivity contribution in [2.75, 3.05) is 5.73 Å². The molecule has 7 nitrogen and oxygen atoms in total. The van der Waals surface area contributed by atoms with Gasteiger partial charge < -0.3 is 16.1 Å². The van der Waals surface area contributed by atoms with E-state index < -0.39 is 0 Å². The van der Waals surface area contributed by atoms with Crippen molar-refractivity contribution in [2.24, 2.45) is 15.9 Å². The first-order valence-corrected chi connectivity index (χ1v) is 8.97. The van der Waals surface area contributed by atoms with E-state index in [0.29, 0.717) is 22.9 Å². The fourth-order valence-corrected chi connectivity index (χ4v) is 3.54. The third kappa shape index (κ3) is 3.52. The fraction of sp³-hybridized carbons (Fsp3) is 0.176. The van der Waals surface area contributed by atoms with Crippen LogP contribution in [-0.4, -0.2) is 26.5 Å². The van der Waals surface area contributed by atoms with E-state index in [0.717, 1.165) is 15.4 Å². The highest BCUT2D eigenvalue weighted by molar-refractivity contribution is 14.1. The molecule has 1 aromatic carbocycles. The number of nitrogens with two attached hydrogens (primary N) is 2. The van der Waals surface area contributed by atoms with Gasteiger partial charge in [0.05, 0.1) is 23.3 Å². The Morgan fingerprint density at radius 3 is 2.73 bits per heavy atom. The second-order valence-corrected chi connectivity index (χ2v) is 6.72. The van der Waals surface area contributed by atoms with Crippen LogP contribution in [0.3, 0.4) is 0 Å². The Labute approximate surface area is 163 Å². The van der Waals surface area contributed by atoms with Gasteiger partial charge in [0.2, 0.25) is 0 Å². The molecule has 0 radical (unpaired) electrons. The molecule has 0 aliphatic carbocycles. The van der Waals surface area contributed by atoms with Crippen LogP contribution in [0.1, 0.15) is 19.4 Å². The summed E-state index contributed by atoms with van der Waals surface area (Å²) in [6, 6.07) is 5.70. The summed E-state index contributed by atoms with van der Waals surface area (Å²) in [4.78, 5) is 12.8. The number of rotatable bonds is 5. The normalized spacial score (nSPS) is 13.6. The number of nitrogen functional groups attached to an aromatic ring is 1. The van der Waals surface area contributed by atoms with Gasteiger partial charge in [-0.1, -0.05) is 6.92 Å². The zero-order valence-electron chi connectivity index (χ0n) is 14.0. The van der Waals surface area contributed by atoms with Crippen LogP contribution < -0.4 is 11.6 Å². The number of fused-ring (bicyclic) bond motifs is 1. The van der Waals surface area contributed by atoms with E-state index in [-0.39, 0.29) is 11.9 Å². The Bertz CT molecular complexity index is 979. The number of benzene rings is 1. The van der Waals surface area contributed by atoms with Crippen LogP contribution in [-0.2, 0) is 0 Å².